The molecule has 0 radical (unpaired) electrons. The van der Waals surface area contributed by atoms with Crippen molar-refractivity contribution in [2.75, 3.05) is 53.9 Å². The Hall–Kier alpha value is -4.24. The molecule has 0 unspecified atom stereocenters. The van der Waals surface area contributed by atoms with E-state index in [-0.39, 0.29) is 25.0 Å². The summed E-state index contributed by atoms with van der Waals surface area (Å²) in [6.45, 7) is 4.99. The number of hydrogen-bond donors (Lipinski definition) is 0. The molecule has 2 amide bonds. The molecule has 2 fully saturated rings. The van der Waals surface area contributed by atoms with Crippen LogP contribution in [0, 0.1) is 25.2 Å². The maximum absolute atomic E-state index is 15.4. The number of alkyl halides is 1. The van der Waals surface area contributed by atoms with Crippen LogP contribution in [0.5, 0.6) is 5.75 Å². The van der Waals surface area contributed by atoms with Crippen molar-refractivity contribution in [2.45, 2.75) is 38.4 Å². The summed E-state index contributed by atoms with van der Waals surface area (Å²) in [6, 6.07) is 4.10. The number of fused-ring (bicyclic) bond motifs is 1. The lowest BCUT2D eigenvalue weighted by Crippen LogP contribution is -2.68. The van der Waals surface area contributed by atoms with Gasteiger partial charge in [0.1, 0.15) is 22.9 Å². The van der Waals surface area contributed by atoms with E-state index < -0.39 is 11.6 Å². The molecule has 12 heteroatoms. The summed E-state index contributed by atoms with van der Waals surface area (Å²) in [5.74, 6) is -0.264. The Morgan fingerprint density at radius 3 is 2.59 bits per heavy atom. The number of rotatable bonds is 7. The minimum Gasteiger partial charge on any atom is -0.494 e. The Balaban J connectivity index is 1.25. The van der Waals surface area contributed by atoms with Crippen LogP contribution >= 0.6 is 0 Å². The molecule has 11 nitrogen and oxygen atoms in total. The average Bonchev–Trinajstić information content (AvgIpc) is 3.49. The fourth-order valence-electron chi connectivity index (χ4n) is 5.81. The first kappa shape index (κ1) is 28.3. The predicted molar refractivity (Wildman–Crippen MR) is 150 cm³/mol. The summed E-state index contributed by atoms with van der Waals surface area (Å²) in [5, 5.41) is 18.6. The summed E-state index contributed by atoms with van der Waals surface area (Å²) >= 11 is 0. The maximum Gasteiger partial charge on any atom is 0.264 e. The summed E-state index contributed by atoms with van der Waals surface area (Å²) < 4.78 is 24.6. The molecular formula is C29H35FN8O3. The van der Waals surface area contributed by atoms with Crippen molar-refractivity contribution < 1.29 is 18.7 Å². The van der Waals surface area contributed by atoms with E-state index in [9.17, 15) is 14.9 Å². The zero-order valence-corrected chi connectivity index (χ0v) is 24.1. The van der Waals surface area contributed by atoms with Crippen LogP contribution in [0.2, 0.25) is 0 Å². The van der Waals surface area contributed by atoms with Crippen LogP contribution in [0.3, 0.4) is 0 Å². The van der Waals surface area contributed by atoms with Gasteiger partial charge in [0.2, 0.25) is 11.6 Å². The number of amides is 2. The van der Waals surface area contributed by atoms with E-state index in [4.69, 9.17) is 9.84 Å². The van der Waals surface area contributed by atoms with Crippen LogP contribution < -0.4 is 4.74 Å². The predicted octanol–water partition coefficient (Wildman–Crippen LogP) is 2.53. The van der Waals surface area contributed by atoms with Gasteiger partial charge in [0.05, 0.1) is 38.1 Å². The Morgan fingerprint density at radius 2 is 1.95 bits per heavy atom. The molecule has 2 aliphatic rings. The van der Waals surface area contributed by atoms with Gasteiger partial charge in [0.15, 0.2) is 0 Å². The number of likely N-dealkylation sites (tertiary alicyclic amines) is 2. The Morgan fingerprint density at radius 1 is 1.24 bits per heavy atom. The highest BCUT2D eigenvalue weighted by Crippen LogP contribution is 2.36. The molecule has 3 aromatic rings. The van der Waals surface area contributed by atoms with E-state index in [1.807, 2.05) is 49.8 Å². The van der Waals surface area contributed by atoms with Gasteiger partial charge in [-0.3, -0.25) is 14.3 Å². The highest BCUT2D eigenvalue weighted by atomic mass is 19.1. The van der Waals surface area contributed by atoms with E-state index in [0.717, 1.165) is 22.5 Å². The number of ether oxygens (including phenoxy) is 1. The fraction of sp³-hybridized carbons (Fsp3) is 0.483. The monoisotopic (exact) mass is 562 g/mol. The highest BCUT2D eigenvalue weighted by Gasteiger charge is 2.53. The first-order valence-corrected chi connectivity index (χ1v) is 13.7. The lowest BCUT2D eigenvalue weighted by atomic mass is 9.92. The molecule has 2 aliphatic heterocycles. The van der Waals surface area contributed by atoms with Crippen LogP contribution in [-0.4, -0.2) is 106 Å². The Kier molecular flexibility index (Phi) is 7.57. The number of halogens is 1. The number of pyridine rings is 1. The second kappa shape index (κ2) is 11.0. The van der Waals surface area contributed by atoms with Crippen LogP contribution in [0.15, 0.2) is 30.6 Å². The van der Waals surface area contributed by atoms with Crippen LogP contribution in [0.25, 0.3) is 16.6 Å². The molecule has 41 heavy (non-hydrogen) atoms. The molecule has 0 aliphatic carbocycles. The maximum atomic E-state index is 15.4. The van der Waals surface area contributed by atoms with Crippen molar-refractivity contribution in [2.24, 2.45) is 0 Å². The number of carbonyl (C=O) groups is 2. The normalized spacial score (nSPS) is 17.3. The summed E-state index contributed by atoms with van der Waals surface area (Å²) in [6.07, 6.45) is 7.84. The van der Waals surface area contributed by atoms with Gasteiger partial charge in [-0.15, -0.1) is 0 Å². The average molecular weight is 563 g/mol. The SMILES string of the molecule is COc1cc(-c2c(C)nn(C3CCN(C(=O)C4(F)CN(C(=O)/C=C/CN(C)C)C4)CC3)c2C)cn2ncc(C#N)c12. The number of methoxy groups -OCH3 is 1. The standard InChI is InChI=1S/C29H35FN8O3/c1-19-26(21-13-24(41-5)27-22(14-31)15-32-37(27)16-21)20(2)38(33-19)23-8-11-35(12-9-23)28(40)29(30)17-36(18-29)25(39)7-6-10-34(3)4/h6-7,13,15-16,23H,8-12,17-18H2,1-5H3/b7-6+. The van der Waals surface area contributed by atoms with Crippen LogP contribution in [0.1, 0.15) is 35.8 Å². The van der Waals surface area contributed by atoms with Gasteiger partial charge in [-0.05, 0) is 46.9 Å². The molecule has 0 N–H and O–H groups in total. The van der Waals surface area contributed by atoms with Gasteiger partial charge in [0.25, 0.3) is 5.91 Å². The second-order valence-electron chi connectivity index (χ2n) is 11.1. The third-order valence-corrected chi connectivity index (χ3v) is 7.94. The van der Waals surface area contributed by atoms with Crippen molar-refractivity contribution in [3.63, 3.8) is 0 Å². The number of aromatic nitrogens is 4. The summed E-state index contributed by atoms with van der Waals surface area (Å²) in [4.78, 5) is 30.2. The zero-order chi connectivity index (χ0) is 29.5. The molecule has 5 rings (SSSR count). The number of hydrogen-bond acceptors (Lipinski definition) is 7. The number of nitriles is 1. The zero-order valence-electron chi connectivity index (χ0n) is 24.1. The van der Waals surface area contributed by atoms with E-state index in [1.165, 1.54) is 17.2 Å². The second-order valence-corrected chi connectivity index (χ2v) is 11.1. The van der Waals surface area contributed by atoms with E-state index >= 15 is 4.39 Å². The Labute approximate surface area is 238 Å². The Bertz CT molecular complexity index is 1550. The highest BCUT2D eigenvalue weighted by molar-refractivity contribution is 5.93. The van der Waals surface area contributed by atoms with Crippen molar-refractivity contribution in [3.05, 3.63) is 47.6 Å². The quantitative estimate of drug-likeness (QED) is 0.407. The number of piperidine rings is 1. The fourth-order valence-corrected chi connectivity index (χ4v) is 5.81. The lowest BCUT2D eigenvalue weighted by molar-refractivity contribution is -0.162. The van der Waals surface area contributed by atoms with E-state index in [0.29, 0.717) is 49.3 Å². The van der Waals surface area contributed by atoms with Gasteiger partial charge in [-0.1, -0.05) is 6.08 Å². The molecule has 0 spiro atoms. The third kappa shape index (κ3) is 5.17. The van der Waals surface area contributed by atoms with Crippen molar-refractivity contribution >= 4 is 17.3 Å². The number of likely N-dealkylation sites (N-methyl/N-ethyl adjacent to an activating group) is 1. The van der Waals surface area contributed by atoms with Crippen molar-refractivity contribution in [3.8, 4) is 22.9 Å². The number of carbonyl (C=O) groups excluding carboxylic acids is 2. The molecule has 5 heterocycles. The lowest BCUT2D eigenvalue weighted by Gasteiger charge is -2.45. The number of aryl methyl sites for hydroxylation is 1. The first-order valence-electron chi connectivity index (χ1n) is 13.7. The van der Waals surface area contributed by atoms with Gasteiger partial charge < -0.3 is 19.4 Å². The van der Waals surface area contributed by atoms with E-state index in [2.05, 4.69) is 11.2 Å². The van der Waals surface area contributed by atoms with Gasteiger partial charge >= 0.3 is 0 Å². The van der Waals surface area contributed by atoms with Gasteiger partial charge in [0, 0.05) is 48.7 Å². The molecule has 216 valence electrons. The molecule has 0 bridgehead atoms. The van der Waals surface area contributed by atoms with Crippen LogP contribution in [0.4, 0.5) is 4.39 Å². The molecule has 0 aromatic carbocycles. The smallest absolute Gasteiger partial charge is 0.264 e. The minimum atomic E-state index is -2.03. The summed E-state index contributed by atoms with van der Waals surface area (Å²) in [7, 11) is 5.36. The van der Waals surface area contributed by atoms with Gasteiger partial charge in [-0.25, -0.2) is 8.91 Å². The van der Waals surface area contributed by atoms with Crippen molar-refractivity contribution in [1.29, 1.82) is 5.26 Å². The van der Waals surface area contributed by atoms with Crippen LogP contribution in [-0.2, 0) is 9.59 Å². The molecule has 0 saturated carbocycles. The van der Waals surface area contributed by atoms with E-state index in [1.54, 1.807) is 22.6 Å². The number of nitrogens with zero attached hydrogens (tertiary/aromatic N) is 8. The first-order chi connectivity index (χ1) is 19.6. The van der Waals surface area contributed by atoms with Gasteiger partial charge in [-0.2, -0.15) is 15.5 Å². The topological polar surface area (TPSA) is 112 Å². The molecule has 2 saturated heterocycles. The van der Waals surface area contributed by atoms with Crippen molar-refractivity contribution in [1.82, 2.24) is 34.1 Å². The largest absolute Gasteiger partial charge is 0.494 e. The molecule has 3 aromatic heterocycles. The molecular weight excluding hydrogens is 527 g/mol. The minimum absolute atomic E-state index is 0.0592. The molecule has 0 atom stereocenters. The summed E-state index contributed by atoms with van der Waals surface area (Å²) in [5.41, 5.74) is 2.67. The third-order valence-electron chi connectivity index (χ3n) is 7.94.